The van der Waals surface area contributed by atoms with Gasteiger partial charge in [0.05, 0.1) is 11.2 Å². The van der Waals surface area contributed by atoms with Crippen LogP contribution >= 0.6 is 0 Å². The van der Waals surface area contributed by atoms with Gasteiger partial charge in [0, 0.05) is 43.1 Å². The number of carbonyl (C=O) groups excluding carboxylic acids is 1. The molecule has 7 heteroatoms. The zero-order chi connectivity index (χ0) is 18.3. The van der Waals surface area contributed by atoms with Crippen molar-refractivity contribution in [3.8, 4) is 0 Å². The molecule has 1 aliphatic heterocycles. The third-order valence-corrected chi connectivity index (χ3v) is 4.79. The number of aromatic nitrogens is 3. The third-order valence-electron chi connectivity index (χ3n) is 4.79. The molecule has 0 amide bonds. The zero-order valence-corrected chi connectivity index (χ0v) is 14.7. The van der Waals surface area contributed by atoms with Gasteiger partial charge in [-0.25, -0.2) is 0 Å². The quantitative estimate of drug-likeness (QED) is 0.701. The number of anilines is 1. The number of piperazine rings is 1. The highest BCUT2D eigenvalue weighted by molar-refractivity contribution is 6.13. The number of rotatable bonds is 2. The van der Waals surface area contributed by atoms with E-state index in [2.05, 4.69) is 25.4 Å². The Morgan fingerprint density at radius 1 is 1.23 bits per heavy atom. The van der Waals surface area contributed by atoms with E-state index in [4.69, 9.17) is 0 Å². The van der Waals surface area contributed by atoms with Crippen LogP contribution in [0.25, 0.3) is 21.8 Å². The molecule has 2 aromatic heterocycles. The van der Waals surface area contributed by atoms with E-state index in [9.17, 15) is 9.59 Å². The van der Waals surface area contributed by atoms with E-state index in [-0.39, 0.29) is 11.3 Å². The Morgan fingerprint density at radius 2 is 2.00 bits per heavy atom. The van der Waals surface area contributed by atoms with Crippen LogP contribution in [0.2, 0.25) is 0 Å². The second kappa shape index (κ2) is 6.42. The second-order valence-corrected chi connectivity index (χ2v) is 6.51. The highest BCUT2D eigenvalue weighted by Gasteiger charge is 2.24. The maximum absolute atomic E-state index is 12.6. The second-order valence-electron chi connectivity index (χ2n) is 6.51. The number of fused-ring (bicyclic) bond motifs is 3. The van der Waals surface area contributed by atoms with E-state index in [1.807, 2.05) is 25.1 Å². The van der Waals surface area contributed by atoms with Crippen LogP contribution in [-0.2, 0) is 0 Å². The van der Waals surface area contributed by atoms with Crippen LogP contribution in [0.15, 0.2) is 29.2 Å². The first-order chi connectivity index (χ1) is 12.6. The molecule has 0 saturated carbocycles. The number of Topliss-reactive ketones (excluding diaryl/α,β-unsaturated/α-hetero) is 1. The van der Waals surface area contributed by atoms with Gasteiger partial charge in [-0.1, -0.05) is 0 Å². The topological polar surface area (TPSA) is 88.1 Å². The molecule has 3 heterocycles. The lowest BCUT2D eigenvalue weighted by atomic mass is 10.00. The molecule has 26 heavy (non-hydrogen) atoms. The summed E-state index contributed by atoms with van der Waals surface area (Å²) in [4.78, 5) is 31.5. The summed E-state index contributed by atoms with van der Waals surface area (Å²) in [6.45, 7) is 6.38. The van der Waals surface area contributed by atoms with Crippen molar-refractivity contribution in [2.24, 2.45) is 0 Å². The van der Waals surface area contributed by atoms with Crippen molar-refractivity contribution in [1.29, 1.82) is 0 Å². The number of benzene rings is 1. The first-order valence-electron chi connectivity index (χ1n) is 8.63. The number of nitrogens with one attached hydrogen (secondary N) is 1. The molecule has 132 valence electrons. The predicted octanol–water partition coefficient (Wildman–Crippen LogP) is 1.46. The molecular weight excluding hydrogens is 330 g/mol. The predicted molar refractivity (Wildman–Crippen MR) is 101 cm³/mol. The maximum atomic E-state index is 12.6. The lowest BCUT2D eigenvalue weighted by Crippen LogP contribution is -2.44. The minimum Gasteiger partial charge on any atom is -0.368 e. The van der Waals surface area contributed by atoms with Crippen LogP contribution in [0.1, 0.15) is 22.8 Å². The molecule has 1 N–H and O–H groups in total. The molecule has 0 atom stereocenters. The van der Waals surface area contributed by atoms with Crippen molar-refractivity contribution in [2.45, 2.75) is 13.8 Å². The van der Waals surface area contributed by atoms with Gasteiger partial charge in [0.2, 0.25) is 0 Å². The van der Waals surface area contributed by atoms with Crippen LogP contribution in [0, 0.1) is 6.92 Å². The summed E-state index contributed by atoms with van der Waals surface area (Å²) in [5.74, 6) is -0.291. The number of nitrogens with zero attached hydrogens (tertiary/aromatic N) is 4. The number of aryl methyl sites for hydroxylation is 1. The van der Waals surface area contributed by atoms with Gasteiger partial charge >= 0.3 is 5.56 Å². The van der Waals surface area contributed by atoms with Crippen LogP contribution in [-0.4, -0.2) is 47.1 Å². The number of pyridine rings is 1. The SMILES string of the molecule is CC(=O)c1c(N2CCNCC2)c2c(C)cc3ncccc3c2nnc1=O. The summed E-state index contributed by atoms with van der Waals surface area (Å²) in [6.07, 6.45) is 1.72. The fraction of sp³-hybridized carbons (Fsp3) is 0.316. The Hall–Kier alpha value is -2.93. The Bertz CT molecular complexity index is 1090. The number of carbonyl (C=O) groups is 1. The van der Waals surface area contributed by atoms with E-state index in [0.29, 0.717) is 24.3 Å². The molecule has 0 spiro atoms. The summed E-state index contributed by atoms with van der Waals surface area (Å²) in [7, 11) is 0. The number of hydrogen-bond donors (Lipinski definition) is 1. The van der Waals surface area contributed by atoms with Gasteiger partial charge in [0.1, 0.15) is 11.1 Å². The first-order valence-corrected chi connectivity index (χ1v) is 8.63. The highest BCUT2D eigenvalue weighted by Crippen LogP contribution is 2.34. The summed E-state index contributed by atoms with van der Waals surface area (Å²) in [5.41, 5.74) is 2.49. The molecule has 0 bridgehead atoms. The van der Waals surface area contributed by atoms with Gasteiger partial charge in [0.25, 0.3) is 0 Å². The molecule has 1 aliphatic rings. The normalized spacial score (nSPS) is 14.8. The van der Waals surface area contributed by atoms with Gasteiger partial charge in [0.15, 0.2) is 5.78 Å². The molecular formula is C19H19N5O2. The molecule has 4 rings (SSSR count). The van der Waals surface area contributed by atoms with Crippen LogP contribution in [0.3, 0.4) is 0 Å². The Balaban J connectivity index is 2.23. The highest BCUT2D eigenvalue weighted by atomic mass is 16.1. The van der Waals surface area contributed by atoms with Crippen molar-refractivity contribution in [3.63, 3.8) is 0 Å². The lowest BCUT2D eigenvalue weighted by molar-refractivity contribution is 0.101. The Morgan fingerprint density at radius 3 is 2.73 bits per heavy atom. The zero-order valence-electron chi connectivity index (χ0n) is 14.7. The Kier molecular flexibility index (Phi) is 4.08. The molecule has 1 saturated heterocycles. The summed E-state index contributed by atoms with van der Waals surface area (Å²) in [6, 6.07) is 5.72. The molecule has 0 radical (unpaired) electrons. The molecule has 0 unspecified atom stereocenters. The molecule has 0 aliphatic carbocycles. The molecule has 7 nitrogen and oxygen atoms in total. The minimum absolute atomic E-state index is 0.112. The first kappa shape index (κ1) is 16.5. The average molecular weight is 349 g/mol. The van der Waals surface area contributed by atoms with E-state index >= 15 is 0 Å². The van der Waals surface area contributed by atoms with Crippen LogP contribution < -0.4 is 15.8 Å². The monoisotopic (exact) mass is 349 g/mol. The number of ketones is 1. The maximum Gasteiger partial charge on any atom is 0.301 e. The van der Waals surface area contributed by atoms with Crippen molar-refractivity contribution in [1.82, 2.24) is 20.5 Å². The molecule has 1 aromatic carbocycles. The standard InChI is InChI=1S/C19H19N5O2/c1-11-10-14-13(4-3-5-21-14)17-15(11)18(24-8-6-20-7-9-24)16(12(2)25)19(26)23-22-17/h3-5,10,20H,6-9H2,1-2H3. The summed E-state index contributed by atoms with van der Waals surface area (Å²) in [5, 5.41) is 13.0. The van der Waals surface area contributed by atoms with Crippen LogP contribution in [0.4, 0.5) is 5.69 Å². The fourth-order valence-electron chi connectivity index (χ4n) is 3.63. The van der Waals surface area contributed by atoms with Gasteiger partial charge in [-0.05, 0) is 37.6 Å². The van der Waals surface area contributed by atoms with E-state index < -0.39 is 5.56 Å². The summed E-state index contributed by atoms with van der Waals surface area (Å²) >= 11 is 0. The largest absolute Gasteiger partial charge is 0.368 e. The summed E-state index contributed by atoms with van der Waals surface area (Å²) < 4.78 is 0. The number of hydrogen-bond acceptors (Lipinski definition) is 7. The van der Waals surface area contributed by atoms with Gasteiger partial charge in [-0.2, -0.15) is 0 Å². The van der Waals surface area contributed by atoms with E-state index in [0.717, 1.165) is 34.9 Å². The minimum atomic E-state index is -0.585. The van der Waals surface area contributed by atoms with Gasteiger partial charge in [-0.3, -0.25) is 14.6 Å². The van der Waals surface area contributed by atoms with Gasteiger partial charge < -0.3 is 10.2 Å². The van der Waals surface area contributed by atoms with E-state index in [1.165, 1.54) is 6.92 Å². The van der Waals surface area contributed by atoms with Crippen LogP contribution in [0.5, 0.6) is 0 Å². The third kappa shape index (κ3) is 2.61. The van der Waals surface area contributed by atoms with Gasteiger partial charge in [-0.15, -0.1) is 10.2 Å². The van der Waals surface area contributed by atoms with Crippen molar-refractivity contribution in [3.05, 3.63) is 45.9 Å². The fourth-order valence-corrected chi connectivity index (χ4v) is 3.63. The lowest BCUT2D eigenvalue weighted by Gasteiger charge is -2.31. The molecule has 3 aromatic rings. The smallest absolute Gasteiger partial charge is 0.301 e. The van der Waals surface area contributed by atoms with Crippen molar-refractivity contribution >= 4 is 33.3 Å². The molecule has 1 fully saturated rings. The van der Waals surface area contributed by atoms with E-state index in [1.54, 1.807) is 6.20 Å². The van der Waals surface area contributed by atoms with Crippen molar-refractivity contribution < 1.29 is 4.79 Å². The van der Waals surface area contributed by atoms with Crippen molar-refractivity contribution in [2.75, 3.05) is 31.1 Å². The Labute approximate surface area is 150 Å². The average Bonchev–Trinajstić information content (AvgIpc) is 2.80.